The number of rotatable bonds is 5. The number of nitrogens with zero attached hydrogens (tertiary/aromatic N) is 2. The molecule has 0 radical (unpaired) electrons. The summed E-state index contributed by atoms with van der Waals surface area (Å²) in [5, 5.41) is 6.80. The number of anilines is 1. The Labute approximate surface area is 160 Å². The van der Waals surface area contributed by atoms with E-state index in [1.54, 1.807) is 19.5 Å². The second kappa shape index (κ2) is 8.21. The first kappa shape index (κ1) is 18.2. The molecule has 4 N–H and O–H groups in total. The minimum Gasteiger partial charge on any atom is -0.496 e. The molecule has 0 aliphatic carbocycles. The summed E-state index contributed by atoms with van der Waals surface area (Å²) in [6.07, 6.45) is 6.88. The molecule has 2 aliphatic rings. The quantitative estimate of drug-likeness (QED) is 0.644. The molecule has 2 unspecified atom stereocenters. The van der Waals surface area contributed by atoms with Crippen molar-refractivity contribution in [3.05, 3.63) is 47.4 Å². The van der Waals surface area contributed by atoms with Crippen LogP contribution in [-0.4, -0.2) is 36.3 Å². The third-order valence-corrected chi connectivity index (χ3v) is 5.45. The molecular weight excluding hydrogens is 340 g/mol. The molecule has 0 spiro atoms. The molecule has 27 heavy (non-hydrogen) atoms. The van der Waals surface area contributed by atoms with Crippen LogP contribution in [0.15, 0.2) is 30.6 Å². The second-order valence-electron chi connectivity index (χ2n) is 7.34. The van der Waals surface area contributed by atoms with Gasteiger partial charge in [0, 0.05) is 12.0 Å². The highest BCUT2D eigenvalue weighted by atomic mass is 16.5. The number of aryl methyl sites for hydroxylation is 1. The normalized spacial score (nSPS) is 23.3. The fraction of sp³-hybridized carbons (Fsp3) is 0.500. The molecular formula is C20H28N6O. The summed E-state index contributed by atoms with van der Waals surface area (Å²) in [7, 11) is 1.76. The molecule has 7 nitrogen and oxygen atoms in total. The van der Waals surface area contributed by atoms with E-state index in [2.05, 4.69) is 49.7 Å². The van der Waals surface area contributed by atoms with Crippen LogP contribution in [0.4, 0.5) is 5.82 Å². The average Bonchev–Trinajstić information content (AvgIpc) is 3.18. The molecule has 2 aromatic rings. The van der Waals surface area contributed by atoms with Crippen LogP contribution < -0.4 is 26.2 Å². The maximum atomic E-state index is 5.73. The first-order chi connectivity index (χ1) is 13.2. The molecule has 7 heteroatoms. The lowest BCUT2D eigenvalue weighted by Gasteiger charge is -2.24. The van der Waals surface area contributed by atoms with Crippen LogP contribution in [0.1, 0.15) is 48.0 Å². The fourth-order valence-electron chi connectivity index (χ4n) is 3.92. The van der Waals surface area contributed by atoms with Gasteiger partial charge in [0.1, 0.15) is 11.6 Å². The van der Waals surface area contributed by atoms with Gasteiger partial charge in [-0.15, -0.1) is 0 Å². The van der Waals surface area contributed by atoms with Crippen molar-refractivity contribution in [3.8, 4) is 5.75 Å². The second-order valence-corrected chi connectivity index (χ2v) is 7.34. The Kier molecular flexibility index (Phi) is 5.52. The molecule has 0 saturated carbocycles. The Morgan fingerprint density at radius 2 is 1.96 bits per heavy atom. The zero-order chi connectivity index (χ0) is 18.6. The molecule has 2 saturated heterocycles. The van der Waals surface area contributed by atoms with E-state index >= 15 is 0 Å². The number of hydrazine groups is 1. The third kappa shape index (κ3) is 4.21. The van der Waals surface area contributed by atoms with Crippen LogP contribution in [-0.2, 0) is 0 Å². The highest BCUT2D eigenvalue weighted by Crippen LogP contribution is 2.35. The van der Waals surface area contributed by atoms with E-state index in [1.165, 1.54) is 24.0 Å². The molecule has 2 aliphatic heterocycles. The molecule has 2 atom stereocenters. The van der Waals surface area contributed by atoms with E-state index in [0.717, 1.165) is 36.8 Å². The standard InChI is InChI=1S/C20H28N6O/c1-13-11-23-20(12-22-13)24-19-10-17(25-26-19)16-4-3-15(9-18(16)27-2)14-5-7-21-8-6-14/h3-4,9,11-12,14,17,19,21,25-26H,5-8,10H2,1-2H3,(H,23,24). The fourth-order valence-corrected chi connectivity index (χ4v) is 3.92. The first-order valence-electron chi connectivity index (χ1n) is 9.67. The molecule has 0 amide bonds. The Bertz CT molecular complexity index is 760. The zero-order valence-corrected chi connectivity index (χ0v) is 16.0. The summed E-state index contributed by atoms with van der Waals surface area (Å²) in [4.78, 5) is 8.65. The van der Waals surface area contributed by atoms with Crippen LogP contribution >= 0.6 is 0 Å². The number of piperidine rings is 1. The topological polar surface area (TPSA) is 83.1 Å². The van der Waals surface area contributed by atoms with Gasteiger partial charge in [0.05, 0.1) is 37.4 Å². The maximum Gasteiger partial charge on any atom is 0.145 e. The van der Waals surface area contributed by atoms with Crippen molar-refractivity contribution in [1.82, 2.24) is 26.1 Å². The molecule has 144 valence electrons. The Morgan fingerprint density at radius 1 is 1.11 bits per heavy atom. The number of hydrogen-bond acceptors (Lipinski definition) is 7. The number of hydrogen-bond donors (Lipinski definition) is 4. The van der Waals surface area contributed by atoms with E-state index in [4.69, 9.17) is 4.74 Å². The molecule has 1 aromatic carbocycles. The largest absolute Gasteiger partial charge is 0.496 e. The van der Waals surface area contributed by atoms with Gasteiger partial charge in [0.15, 0.2) is 0 Å². The van der Waals surface area contributed by atoms with Gasteiger partial charge in [-0.1, -0.05) is 12.1 Å². The minimum atomic E-state index is 0.0841. The van der Waals surface area contributed by atoms with Gasteiger partial charge in [-0.3, -0.25) is 4.98 Å². The van der Waals surface area contributed by atoms with Gasteiger partial charge >= 0.3 is 0 Å². The highest BCUT2D eigenvalue weighted by molar-refractivity contribution is 5.42. The monoisotopic (exact) mass is 368 g/mol. The van der Waals surface area contributed by atoms with Crippen molar-refractivity contribution in [2.24, 2.45) is 0 Å². The summed E-state index contributed by atoms with van der Waals surface area (Å²) < 4.78 is 5.73. The Morgan fingerprint density at radius 3 is 2.70 bits per heavy atom. The van der Waals surface area contributed by atoms with Crippen molar-refractivity contribution in [1.29, 1.82) is 0 Å². The van der Waals surface area contributed by atoms with Crippen LogP contribution in [0.5, 0.6) is 5.75 Å². The lowest BCUT2D eigenvalue weighted by molar-refractivity contribution is 0.399. The Hall–Kier alpha value is -2.22. The average molecular weight is 368 g/mol. The predicted molar refractivity (Wildman–Crippen MR) is 106 cm³/mol. The van der Waals surface area contributed by atoms with Gasteiger partial charge in [0.25, 0.3) is 0 Å². The maximum absolute atomic E-state index is 5.73. The molecule has 1 aromatic heterocycles. The van der Waals surface area contributed by atoms with Crippen LogP contribution in [0.25, 0.3) is 0 Å². The third-order valence-electron chi connectivity index (χ3n) is 5.45. The van der Waals surface area contributed by atoms with Crippen molar-refractivity contribution < 1.29 is 4.74 Å². The first-order valence-corrected chi connectivity index (χ1v) is 9.67. The van der Waals surface area contributed by atoms with E-state index in [0.29, 0.717) is 5.92 Å². The number of methoxy groups -OCH3 is 1. The number of benzene rings is 1. The van der Waals surface area contributed by atoms with E-state index in [-0.39, 0.29) is 12.2 Å². The van der Waals surface area contributed by atoms with Crippen molar-refractivity contribution in [2.45, 2.75) is 44.3 Å². The van der Waals surface area contributed by atoms with E-state index < -0.39 is 0 Å². The van der Waals surface area contributed by atoms with Gasteiger partial charge in [0.2, 0.25) is 0 Å². The molecule has 4 rings (SSSR count). The molecule has 2 fully saturated rings. The van der Waals surface area contributed by atoms with Gasteiger partial charge in [-0.25, -0.2) is 15.8 Å². The van der Waals surface area contributed by atoms with Crippen LogP contribution in [0.2, 0.25) is 0 Å². The van der Waals surface area contributed by atoms with E-state index in [1.807, 2.05) is 6.92 Å². The van der Waals surface area contributed by atoms with Crippen molar-refractivity contribution in [2.75, 3.05) is 25.5 Å². The summed E-state index contributed by atoms with van der Waals surface area (Å²) in [6, 6.07) is 6.88. The summed E-state index contributed by atoms with van der Waals surface area (Å²) in [5.41, 5.74) is 10.2. The van der Waals surface area contributed by atoms with Gasteiger partial charge in [-0.05, 0) is 50.4 Å². The van der Waals surface area contributed by atoms with Crippen LogP contribution in [0.3, 0.4) is 0 Å². The van der Waals surface area contributed by atoms with E-state index in [9.17, 15) is 0 Å². The van der Waals surface area contributed by atoms with Crippen LogP contribution in [0, 0.1) is 6.92 Å². The highest BCUT2D eigenvalue weighted by Gasteiger charge is 2.28. The number of aromatic nitrogens is 2. The summed E-state index contributed by atoms with van der Waals surface area (Å²) in [5.74, 6) is 2.35. The summed E-state index contributed by atoms with van der Waals surface area (Å²) in [6.45, 7) is 4.12. The lowest BCUT2D eigenvalue weighted by atomic mass is 9.88. The Balaban J connectivity index is 1.44. The SMILES string of the molecule is COc1cc(C2CCNCC2)ccc1C1CC(Nc2cnc(C)cn2)NN1. The van der Waals surface area contributed by atoms with Gasteiger partial charge < -0.3 is 15.4 Å². The van der Waals surface area contributed by atoms with Gasteiger partial charge in [-0.2, -0.15) is 0 Å². The zero-order valence-electron chi connectivity index (χ0n) is 16.0. The molecule has 3 heterocycles. The molecule has 0 bridgehead atoms. The summed E-state index contributed by atoms with van der Waals surface area (Å²) >= 11 is 0. The number of ether oxygens (including phenoxy) is 1. The lowest BCUT2D eigenvalue weighted by Crippen LogP contribution is -2.36. The van der Waals surface area contributed by atoms with Crippen molar-refractivity contribution in [3.63, 3.8) is 0 Å². The minimum absolute atomic E-state index is 0.0841. The predicted octanol–water partition coefficient (Wildman–Crippen LogP) is 2.24. The van der Waals surface area contributed by atoms with Crippen molar-refractivity contribution >= 4 is 5.82 Å². The number of nitrogens with one attached hydrogen (secondary N) is 4. The smallest absolute Gasteiger partial charge is 0.145 e.